The van der Waals surface area contributed by atoms with Crippen molar-refractivity contribution in [1.29, 1.82) is 0 Å². The van der Waals surface area contributed by atoms with Crippen LogP contribution in [0.2, 0.25) is 0 Å². The molecule has 1 aromatic rings. The van der Waals surface area contributed by atoms with Crippen molar-refractivity contribution in [1.82, 2.24) is 4.90 Å². The van der Waals surface area contributed by atoms with E-state index in [0.29, 0.717) is 25.9 Å². The van der Waals surface area contributed by atoms with Gasteiger partial charge in [-0.2, -0.15) is 0 Å². The van der Waals surface area contributed by atoms with Crippen LogP contribution in [0.5, 0.6) is 5.75 Å². The first-order valence-corrected chi connectivity index (χ1v) is 10.4. The number of hydrogen-bond donors (Lipinski definition) is 1. The number of benzene rings is 1. The quantitative estimate of drug-likeness (QED) is 0.424. The van der Waals surface area contributed by atoms with Crippen LogP contribution in [0.3, 0.4) is 0 Å². The minimum absolute atomic E-state index is 0.0133. The van der Waals surface area contributed by atoms with E-state index in [0.717, 1.165) is 20.0 Å². The maximum absolute atomic E-state index is 12.7. The van der Waals surface area contributed by atoms with Crippen LogP contribution in [0.1, 0.15) is 56.8 Å². The van der Waals surface area contributed by atoms with E-state index in [2.05, 4.69) is 4.74 Å². The largest absolute Gasteiger partial charge is 0.501 e. The predicted octanol–water partition coefficient (Wildman–Crippen LogP) is 3.46. The van der Waals surface area contributed by atoms with E-state index in [1.54, 1.807) is 4.90 Å². The fourth-order valence-corrected chi connectivity index (χ4v) is 3.93. The molecule has 31 heavy (non-hydrogen) atoms. The first kappa shape index (κ1) is 22.6. The van der Waals surface area contributed by atoms with E-state index < -0.39 is 27.9 Å². The third-order valence-electron chi connectivity index (χ3n) is 5.46. The van der Waals surface area contributed by atoms with Crippen molar-refractivity contribution in [2.45, 2.75) is 64.1 Å². The molecule has 0 unspecified atom stereocenters. The van der Waals surface area contributed by atoms with Gasteiger partial charge in [-0.3, -0.25) is 10.1 Å². The van der Waals surface area contributed by atoms with Crippen molar-refractivity contribution in [2.24, 2.45) is 0 Å². The summed E-state index contributed by atoms with van der Waals surface area (Å²) >= 11 is 0. The molecule has 1 aliphatic heterocycles. The van der Waals surface area contributed by atoms with Gasteiger partial charge in [-0.05, 0) is 58.6 Å². The minimum atomic E-state index is -0.844. The predicted molar refractivity (Wildman–Crippen MR) is 112 cm³/mol. The highest BCUT2D eigenvalue weighted by Crippen LogP contribution is 2.41. The zero-order chi connectivity index (χ0) is 22.9. The highest BCUT2D eigenvalue weighted by molar-refractivity contribution is 5.95. The van der Waals surface area contributed by atoms with E-state index in [9.17, 15) is 24.8 Å². The molecular weight excluding hydrogens is 406 g/mol. The number of ether oxygens (including phenoxy) is 2. The molecule has 0 bridgehead atoms. The average molecular weight is 435 g/mol. The van der Waals surface area contributed by atoms with Crippen LogP contribution < -0.4 is 4.90 Å². The van der Waals surface area contributed by atoms with E-state index in [4.69, 9.17) is 4.74 Å². The number of nitrogens with zero attached hydrogens (tertiary/aromatic N) is 3. The number of esters is 1. The second-order valence-electron chi connectivity index (χ2n) is 8.92. The van der Waals surface area contributed by atoms with Crippen LogP contribution in [-0.4, -0.2) is 64.9 Å². The smallest absolute Gasteiger partial charge is 0.410 e. The summed E-state index contributed by atoms with van der Waals surface area (Å²) in [4.78, 5) is 39.1. The summed E-state index contributed by atoms with van der Waals surface area (Å²) in [6, 6.07) is 2.95. The summed E-state index contributed by atoms with van der Waals surface area (Å²) in [5.74, 6) is -1.55. The Hall–Kier alpha value is -3.04. The number of amides is 1. The van der Waals surface area contributed by atoms with Crippen molar-refractivity contribution in [3.05, 3.63) is 27.8 Å². The lowest BCUT2D eigenvalue weighted by molar-refractivity contribution is -0.385. The fraction of sp³-hybridized carbons (Fsp3) is 0.619. The molecular formula is C21H29N3O7. The molecule has 10 heteroatoms. The third-order valence-corrected chi connectivity index (χ3v) is 5.46. The topological polar surface area (TPSA) is 122 Å². The Labute approximate surface area is 180 Å². The molecule has 1 saturated heterocycles. The lowest BCUT2D eigenvalue weighted by Crippen LogP contribution is -2.50. The van der Waals surface area contributed by atoms with E-state index >= 15 is 0 Å². The van der Waals surface area contributed by atoms with E-state index in [1.165, 1.54) is 12.1 Å². The number of rotatable bonds is 5. The van der Waals surface area contributed by atoms with Gasteiger partial charge >= 0.3 is 17.7 Å². The first-order valence-electron chi connectivity index (χ1n) is 10.4. The Morgan fingerprint density at radius 3 is 2.23 bits per heavy atom. The average Bonchev–Trinajstić information content (AvgIpc) is 3.51. The summed E-state index contributed by atoms with van der Waals surface area (Å²) < 4.78 is 10.2. The van der Waals surface area contributed by atoms with Gasteiger partial charge < -0.3 is 24.4 Å². The van der Waals surface area contributed by atoms with Crippen LogP contribution in [-0.2, 0) is 9.47 Å². The van der Waals surface area contributed by atoms with Gasteiger partial charge in [-0.15, -0.1) is 0 Å². The lowest BCUT2D eigenvalue weighted by Gasteiger charge is -2.39. The minimum Gasteiger partial charge on any atom is -0.501 e. The van der Waals surface area contributed by atoms with Gasteiger partial charge in [0.25, 0.3) is 0 Å². The zero-order valence-electron chi connectivity index (χ0n) is 18.3. The SMILES string of the molecule is COC(=O)c1ccc(N2CCC(N(C(=O)OC(C)(C)C)C3CC3)CC2)c([N+](=O)[O-])c1O. The molecule has 0 atom stereocenters. The molecule has 10 nitrogen and oxygen atoms in total. The summed E-state index contributed by atoms with van der Waals surface area (Å²) in [5, 5.41) is 22.0. The lowest BCUT2D eigenvalue weighted by atomic mass is 10.0. The van der Waals surface area contributed by atoms with Gasteiger partial charge in [0.05, 0.1) is 12.0 Å². The van der Waals surface area contributed by atoms with E-state index in [-0.39, 0.29) is 29.4 Å². The van der Waals surface area contributed by atoms with Gasteiger partial charge in [0, 0.05) is 25.2 Å². The van der Waals surface area contributed by atoms with E-state index in [1.807, 2.05) is 25.7 Å². The molecule has 2 fully saturated rings. The van der Waals surface area contributed by atoms with Crippen molar-refractivity contribution in [3.63, 3.8) is 0 Å². The number of methoxy groups -OCH3 is 1. The molecule has 0 spiro atoms. The fourth-order valence-electron chi connectivity index (χ4n) is 3.93. The number of piperidine rings is 1. The molecule has 1 saturated carbocycles. The van der Waals surface area contributed by atoms with Gasteiger partial charge in [0.1, 0.15) is 16.9 Å². The first-order chi connectivity index (χ1) is 14.5. The zero-order valence-corrected chi connectivity index (χ0v) is 18.3. The molecule has 1 N–H and O–H groups in total. The standard InChI is InChI=1S/C21H29N3O7/c1-21(2,3)31-20(27)23(13-5-6-13)14-9-11-22(12-10-14)16-8-7-15(19(26)30-4)18(25)17(16)24(28)29/h7-8,13-14,25H,5-6,9-12H2,1-4H3. The number of carbonyl (C=O) groups excluding carboxylic acids is 2. The Morgan fingerprint density at radius 2 is 1.74 bits per heavy atom. The van der Waals surface area contributed by atoms with Crippen LogP contribution in [0.25, 0.3) is 0 Å². The van der Waals surface area contributed by atoms with Crippen molar-refractivity contribution in [2.75, 3.05) is 25.1 Å². The summed E-state index contributed by atoms with van der Waals surface area (Å²) in [7, 11) is 1.14. The van der Waals surface area contributed by atoms with Gasteiger partial charge in [-0.1, -0.05) is 0 Å². The number of hydrogen-bond acceptors (Lipinski definition) is 8. The second kappa shape index (κ2) is 8.60. The Balaban J connectivity index is 1.77. The number of anilines is 1. The maximum atomic E-state index is 12.7. The highest BCUT2D eigenvalue weighted by atomic mass is 16.6. The number of phenolic OH excluding ortho intramolecular Hbond substituents is 1. The molecule has 170 valence electrons. The molecule has 1 aliphatic carbocycles. The van der Waals surface area contributed by atoms with Crippen LogP contribution in [0, 0.1) is 10.1 Å². The third kappa shape index (κ3) is 5.00. The normalized spacial score (nSPS) is 17.2. The maximum Gasteiger partial charge on any atom is 0.410 e. The highest BCUT2D eigenvalue weighted by Gasteiger charge is 2.41. The number of aromatic hydroxyl groups is 1. The number of phenols is 1. The molecule has 1 aromatic carbocycles. The molecule has 0 aromatic heterocycles. The number of carbonyl (C=O) groups is 2. The van der Waals surface area contributed by atoms with Crippen LogP contribution in [0.4, 0.5) is 16.2 Å². The molecule has 3 rings (SSSR count). The number of nitro benzene ring substituents is 1. The van der Waals surface area contributed by atoms with Crippen LogP contribution >= 0.6 is 0 Å². The molecule has 2 aliphatic rings. The van der Waals surface area contributed by atoms with Gasteiger partial charge in [0.2, 0.25) is 5.75 Å². The Kier molecular flexibility index (Phi) is 6.28. The van der Waals surface area contributed by atoms with Crippen LogP contribution in [0.15, 0.2) is 12.1 Å². The Bertz CT molecular complexity index is 868. The summed E-state index contributed by atoms with van der Waals surface area (Å²) in [6.45, 7) is 6.44. The van der Waals surface area contributed by atoms with Crippen molar-refractivity contribution < 1.29 is 29.1 Å². The summed E-state index contributed by atoms with van der Waals surface area (Å²) in [6.07, 6.45) is 2.82. The van der Waals surface area contributed by atoms with Gasteiger partial charge in [-0.25, -0.2) is 9.59 Å². The van der Waals surface area contributed by atoms with Gasteiger partial charge in [0.15, 0.2) is 0 Å². The van der Waals surface area contributed by atoms with Crippen molar-refractivity contribution >= 4 is 23.4 Å². The molecule has 0 radical (unpaired) electrons. The Morgan fingerprint density at radius 1 is 1.16 bits per heavy atom. The molecule has 1 heterocycles. The second-order valence-corrected chi connectivity index (χ2v) is 8.92. The number of nitro groups is 1. The van der Waals surface area contributed by atoms with Crippen molar-refractivity contribution in [3.8, 4) is 5.75 Å². The monoisotopic (exact) mass is 435 g/mol. The summed E-state index contributed by atoms with van der Waals surface area (Å²) in [5.41, 5.74) is -1.11. The molecule has 1 amide bonds.